The number of benzene rings is 1. The number of pyridine rings is 1. The monoisotopic (exact) mass is 418 g/mol. The Kier molecular flexibility index (Phi) is 3.99. The number of carboxylic acids is 1. The number of hydrogen-bond acceptors (Lipinski definition) is 4. The Labute approximate surface area is 179 Å². The Bertz CT molecular complexity index is 1260. The molecule has 3 aliphatic rings. The second-order valence-electron chi connectivity index (χ2n) is 8.84. The molecule has 158 valence electrons. The van der Waals surface area contributed by atoms with Crippen molar-refractivity contribution in [3.8, 4) is 11.1 Å². The molecule has 1 saturated heterocycles. The number of aromatic amines is 1. The van der Waals surface area contributed by atoms with Crippen LogP contribution in [0.5, 0.6) is 0 Å². The SMILES string of the molecule is CN1Cc2c(C3=C[C@H]4CC[C@@H](C3)N4CC(=O)O)[nH]c3nccc(c23)-c2cc(F)ccc21. The maximum atomic E-state index is 14.1. The molecule has 0 spiro atoms. The number of anilines is 1. The molecule has 1 fully saturated rings. The Balaban J connectivity index is 1.51. The van der Waals surface area contributed by atoms with Crippen molar-refractivity contribution in [3.05, 3.63) is 53.6 Å². The van der Waals surface area contributed by atoms with Crippen molar-refractivity contribution in [2.75, 3.05) is 18.5 Å². The predicted molar refractivity (Wildman–Crippen MR) is 117 cm³/mol. The number of aliphatic carboxylic acids is 1. The van der Waals surface area contributed by atoms with E-state index in [-0.39, 0.29) is 24.4 Å². The summed E-state index contributed by atoms with van der Waals surface area (Å²) in [5.74, 6) is -1.02. The number of H-pyrrole nitrogens is 1. The Morgan fingerprint density at radius 2 is 2.16 bits per heavy atom. The van der Waals surface area contributed by atoms with E-state index >= 15 is 0 Å². The van der Waals surface area contributed by atoms with Crippen LogP contribution in [-0.4, -0.2) is 51.6 Å². The highest BCUT2D eigenvalue weighted by atomic mass is 19.1. The Hall–Kier alpha value is -3.19. The van der Waals surface area contributed by atoms with Gasteiger partial charge in [0.2, 0.25) is 0 Å². The molecule has 3 aliphatic heterocycles. The quantitative estimate of drug-likeness (QED) is 0.672. The lowest BCUT2D eigenvalue weighted by Crippen LogP contribution is -2.41. The molecular weight excluding hydrogens is 395 g/mol. The average molecular weight is 418 g/mol. The molecule has 5 heterocycles. The highest BCUT2D eigenvalue weighted by Crippen LogP contribution is 2.45. The van der Waals surface area contributed by atoms with Gasteiger partial charge in [-0.25, -0.2) is 9.37 Å². The van der Waals surface area contributed by atoms with Crippen LogP contribution < -0.4 is 4.90 Å². The molecule has 6 rings (SSSR count). The lowest BCUT2D eigenvalue weighted by atomic mass is 9.94. The molecule has 2 N–H and O–H groups in total. The fourth-order valence-electron chi connectivity index (χ4n) is 5.72. The lowest BCUT2D eigenvalue weighted by molar-refractivity contribution is -0.138. The summed E-state index contributed by atoms with van der Waals surface area (Å²) in [4.78, 5) is 23.7. The fourth-order valence-corrected chi connectivity index (χ4v) is 5.72. The summed E-state index contributed by atoms with van der Waals surface area (Å²) < 4.78 is 14.1. The molecule has 2 atom stereocenters. The Morgan fingerprint density at radius 3 is 2.97 bits per heavy atom. The molecule has 31 heavy (non-hydrogen) atoms. The van der Waals surface area contributed by atoms with Gasteiger partial charge in [-0.3, -0.25) is 9.69 Å². The van der Waals surface area contributed by atoms with Gasteiger partial charge >= 0.3 is 5.97 Å². The summed E-state index contributed by atoms with van der Waals surface area (Å²) in [6, 6.07) is 7.33. The number of hydrogen-bond donors (Lipinski definition) is 2. The van der Waals surface area contributed by atoms with Gasteiger partial charge in [-0.1, -0.05) is 6.08 Å². The van der Waals surface area contributed by atoms with Gasteiger partial charge < -0.3 is 15.0 Å². The van der Waals surface area contributed by atoms with Crippen LogP contribution in [0, 0.1) is 5.82 Å². The zero-order chi connectivity index (χ0) is 21.3. The third kappa shape index (κ3) is 2.80. The number of rotatable bonds is 3. The van der Waals surface area contributed by atoms with Gasteiger partial charge in [-0.15, -0.1) is 0 Å². The standard InChI is InChI=1S/C24H23FN4O2/c1-28-11-19-22-17(18-10-14(25)2-5-20(18)28)6-7-26-24(22)27-23(19)13-8-15-3-4-16(9-13)29(15)12-21(30)31/h2,5-8,10,15-16H,3-4,9,11-12H2,1H3,(H,26,27)(H,30,31)/t15-,16+/m1/s1. The molecule has 7 heteroatoms. The van der Waals surface area contributed by atoms with E-state index in [0.29, 0.717) is 6.54 Å². The first-order valence-electron chi connectivity index (χ1n) is 10.7. The number of nitrogens with zero attached hydrogens (tertiary/aromatic N) is 3. The van der Waals surface area contributed by atoms with Crippen molar-refractivity contribution in [1.29, 1.82) is 0 Å². The largest absolute Gasteiger partial charge is 0.480 e. The number of carboxylic acid groups (broad SMARTS) is 1. The van der Waals surface area contributed by atoms with Gasteiger partial charge in [0.05, 0.1) is 6.54 Å². The molecule has 2 bridgehead atoms. The van der Waals surface area contributed by atoms with E-state index < -0.39 is 5.97 Å². The van der Waals surface area contributed by atoms with Crippen molar-refractivity contribution in [2.24, 2.45) is 0 Å². The second-order valence-corrected chi connectivity index (χ2v) is 8.84. The van der Waals surface area contributed by atoms with Crippen molar-refractivity contribution < 1.29 is 14.3 Å². The van der Waals surface area contributed by atoms with Crippen LogP contribution in [0.4, 0.5) is 10.1 Å². The van der Waals surface area contributed by atoms with Crippen molar-refractivity contribution in [2.45, 2.75) is 37.9 Å². The summed E-state index contributed by atoms with van der Waals surface area (Å²) in [5, 5.41) is 10.3. The first-order valence-corrected chi connectivity index (χ1v) is 10.7. The first-order chi connectivity index (χ1) is 15.0. The predicted octanol–water partition coefficient (Wildman–Crippen LogP) is 4.02. The van der Waals surface area contributed by atoms with E-state index in [9.17, 15) is 14.3 Å². The van der Waals surface area contributed by atoms with Gasteiger partial charge in [0.1, 0.15) is 11.5 Å². The molecule has 3 aromatic rings. The van der Waals surface area contributed by atoms with Crippen molar-refractivity contribution >= 4 is 28.3 Å². The van der Waals surface area contributed by atoms with E-state index in [2.05, 4.69) is 25.8 Å². The van der Waals surface area contributed by atoms with Gasteiger partial charge in [0.25, 0.3) is 0 Å². The van der Waals surface area contributed by atoms with E-state index in [1.807, 2.05) is 19.2 Å². The summed E-state index contributed by atoms with van der Waals surface area (Å²) >= 11 is 0. The molecular formula is C24H23FN4O2. The van der Waals surface area contributed by atoms with Gasteiger partial charge in [0.15, 0.2) is 0 Å². The molecule has 1 aromatic carbocycles. The summed E-state index contributed by atoms with van der Waals surface area (Å²) in [7, 11) is 2.03. The summed E-state index contributed by atoms with van der Waals surface area (Å²) in [6.45, 7) is 0.784. The van der Waals surface area contributed by atoms with Crippen LogP contribution in [0.15, 0.2) is 36.5 Å². The van der Waals surface area contributed by atoms with E-state index in [4.69, 9.17) is 0 Å². The zero-order valence-electron chi connectivity index (χ0n) is 17.2. The third-order valence-electron chi connectivity index (χ3n) is 7.03. The highest BCUT2D eigenvalue weighted by molar-refractivity contribution is 6.02. The normalized spacial score (nSPS) is 22.4. The number of halogens is 1. The molecule has 6 nitrogen and oxygen atoms in total. The van der Waals surface area contributed by atoms with Gasteiger partial charge in [-0.2, -0.15) is 0 Å². The van der Waals surface area contributed by atoms with Crippen LogP contribution in [0.25, 0.3) is 27.7 Å². The number of fused-ring (bicyclic) bond motifs is 4. The van der Waals surface area contributed by atoms with Crippen LogP contribution >= 0.6 is 0 Å². The van der Waals surface area contributed by atoms with Gasteiger partial charge in [-0.05, 0) is 54.7 Å². The Morgan fingerprint density at radius 1 is 1.29 bits per heavy atom. The fraction of sp³-hybridized carbons (Fsp3) is 0.333. The van der Waals surface area contributed by atoms with Crippen LogP contribution in [-0.2, 0) is 11.3 Å². The van der Waals surface area contributed by atoms with E-state index in [1.54, 1.807) is 12.3 Å². The van der Waals surface area contributed by atoms with Crippen LogP contribution in [0.3, 0.4) is 0 Å². The minimum atomic E-state index is -0.772. The van der Waals surface area contributed by atoms with E-state index in [0.717, 1.165) is 52.8 Å². The third-order valence-corrected chi connectivity index (χ3v) is 7.03. The summed E-state index contributed by atoms with van der Waals surface area (Å²) in [6.07, 6.45) is 6.84. The van der Waals surface area contributed by atoms with Crippen LogP contribution in [0.2, 0.25) is 0 Å². The first kappa shape index (κ1) is 18.6. The molecule has 0 saturated carbocycles. The highest BCUT2D eigenvalue weighted by Gasteiger charge is 2.39. The lowest BCUT2D eigenvalue weighted by Gasteiger charge is -2.32. The van der Waals surface area contributed by atoms with E-state index in [1.165, 1.54) is 17.2 Å². The second kappa shape index (κ2) is 6.65. The number of carbonyl (C=O) groups is 1. The summed E-state index contributed by atoms with van der Waals surface area (Å²) in [5.41, 5.74) is 7.18. The minimum Gasteiger partial charge on any atom is -0.480 e. The maximum absolute atomic E-state index is 14.1. The smallest absolute Gasteiger partial charge is 0.317 e. The van der Waals surface area contributed by atoms with Gasteiger partial charge in [0, 0.05) is 59.8 Å². The molecule has 2 aromatic heterocycles. The van der Waals surface area contributed by atoms with Crippen molar-refractivity contribution in [3.63, 3.8) is 0 Å². The molecule has 0 amide bonds. The maximum Gasteiger partial charge on any atom is 0.317 e. The topological polar surface area (TPSA) is 72.5 Å². The zero-order valence-corrected chi connectivity index (χ0v) is 17.2. The molecule has 0 aliphatic carbocycles. The molecule has 0 radical (unpaired) electrons. The molecule has 0 unspecified atom stereocenters. The van der Waals surface area contributed by atoms with Crippen LogP contribution in [0.1, 0.15) is 30.5 Å². The number of nitrogens with one attached hydrogen (secondary N) is 1. The average Bonchev–Trinajstić information content (AvgIpc) is 3.15. The number of aromatic nitrogens is 2. The minimum absolute atomic E-state index is 0.0913. The van der Waals surface area contributed by atoms with Crippen molar-refractivity contribution in [1.82, 2.24) is 14.9 Å².